The number of nitrogens with one attached hydrogen (secondary N) is 1. The molecule has 172 valence electrons. The van der Waals surface area contributed by atoms with Crippen LogP contribution in [-0.4, -0.2) is 37.4 Å². The van der Waals surface area contributed by atoms with Crippen molar-refractivity contribution in [3.8, 4) is 0 Å². The second-order valence-corrected chi connectivity index (χ2v) is 10.6. The highest BCUT2D eigenvalue weighted by Crippen LogP contribution is 2.31. The van der Waals surface area contributed by atoms with Gasteiger partial charge < -0.3 is 0 Å². The number of aryl methyl sites for hydroxylation is 3. The monoisotopic (exact) mass is 475 g/mol. The number of nitrogens with zero attached hydrogens (tertiary/aromatic N) is 2. The van der Waals surface area contributed by atoms with Crippen molar-refractivity contribution in [2.45, 2.75) is 63.8 Å². The first kappa shape index (κ1) is 24.4. The lowest BCUT2D eigenvalue weighted by atomic mass is 9.95. The van der Waals surface area contributed by atoms with Gasteiger partial charge in [-0.15, -0.1) is 0 Å². The summed E-state index contributed by atoms with van der Waals surface area (Å²) in [5.74, 6) is -0.482. The summed E-state index contributed by atoms with van der Waals surface area (Å²) in [6.45, 7) is 5.28. The van der Waals surface area contributed by atoms with Gasteiger partial charge in [-0.25, -0.2) is 13.8 Å². The van der Waals surface area contributed by atoms with E-state index in [1.54, 1.807) is 32.0 Å². The maximum absolute atomic E-state index is 13.8. The number of sulfonamides is 1. The van der Waals surface area contributed by atoms with Crippen LogP contribution in [0.5, 0.6) is 0 Å². The number of carbonyl (C=O) groups excluding carboxylic acids is 1. The van der Waals surface area contributed by atoms with Gasteiger partial charge in [-0.05, 0) is 50.8 Å². The lowest BCUT2D eigenvalue weighted by Crippen LogP contribution is -2.46. The van der Waals surface area contributed by atoms with Gasteiger partial charge in [0.2, 0.25) is 10.0 Å². The zero-order valence-electron chi connectivity index (χ0n) is 18.8. The standard InChI is InChI=1S/C24H30ClN3O3S/c1-17-13-18(2)24(19(3)14-17)32(30,31)28(21-10-5-4-6-11-21)16-23(29)27-26-15-20-9-7-8-12-22(20)25/h7-9,12-15,21H,4-6,10-11,16H2,1-3H3,(H,27,29). The number of hydrogen-bond acceptors (Lipinski definition) is 4. The quantitative estimate of drug-likeness (QED) is 0.464. The molecule has 1 fully saturated rings. The van der Waals surface area contributed by atoms with E-state index in [-0.39, 0.29) is 12.6 Å². The zero-order valence-corrected chi connectivity index (χ0v) is 20.3. The number of amides is 1. The molecule has 6 nitrogen and oxygen atoms in total. The van der Waals surface area contributed by atoms with Crippen molar-refractivity contribution in [2.75, 3.05) is 6.54 Å². The van der Waals surface area contributed by atoms with Gasteiger partial charge in [0.05, 0.1) is 17.7 Å². The fraction of sp³-hybridized carbons (Fsp3) is 0.417. The van der Waals surface area contributed by atoms with Crippen LogP contribution < -0.4 is 5.43 Å². The van der Waals surface area contributed by atoms with Crippen LogP contribution in [0.4, 0.5) is 0 Å². The van der Waals surface area contributed by atoms with Crippen LogP contribution in [-0.2, 0) is 14.8 Å². The van der Waals surface area contributed by atoms with Crippen LogP contribution in [0.3, 0.4) is 0 Å². The average Bonchev–Trinajstić information content (AvgIpc) is 2.73. The van der Waals surface area contributed by atoms with Crippen LogP contribution in [0, 0.1) is 20.8 Å². The van der Waals surface area contributed by atoms with E-state index in [0.29, 0.717) is 26.6 Å². The Bertz CT molecular complexity index is 1090. The van der Waals surface area contributed by atoms with E-state index in [0.717, 1.165) is 37.7 Å². The summed E-state index contributed by atoms with van der Waals surface area (Å²) in [4.78, 5) is 13.0. The van der Waals surface area contributed by atoms with Crippen molar-refractivity contribution in [3.63, 3.8) is 0 Å². The van der Waals surface area contributed by atoms with Crippen LogP contribution in [0.15, 0.2) is 46.4 Å². The molecule has 8 heteroatoms. The molecule has 0 radical (unpaired) electrons. The average molecular weight is 476 g/mol. The number of benzene rings is 2. The Morgan fingerprint density at radius 2 is 1.75 bits per heavy atom. The molecular weight excluding hydrogens is 446 g/mol. The third-order valence-corrected chi connectivity index (χ3v) is 8.30. The lowest BCUT2D eigenvalue weighted by molar-refractivity contribution is -0.121. The van der Waals surface area contributed by atoms with E-state index in [1.165, 1.54) is 10.5 Å². The van der Waals surface area contributed by atoms with Gasteiger partial charge in [-0.1, -0.05) is 66.8 Å². The largest absolute Gasteiger partial charge is 0.272 e. The third kappa shape index (κ3) is 5.77. The normalized spacial score (nSPS) is 15.4. The second-order valence-electron chi connectivity index (χ2n) is 8.38. The highest BCUT2D eigenvalue weighted by molar-refractivity contribution is 7.89. The van der Waals surface area contributed by atoms with Crippen molar-refractivity contribution in [1.82, 2.24) is 9.73 Å². The van der Waals surface area contributed by atoms with E-state index in [1.807, 2.05) is 25.1 Å². The first-order valence-electron chi connectivity index (χ1n) is 10.9. The molecule has 0 aromatic heterocycles. The molecule has 0 aliphatic heterocycles. The molecule has 32 heavy (non-hydrogen) atoms. The first-order chi connectivity index (χ1) is 15.2. The maximum atomic E-state index is 13.8. The molecule has 0 spiro atoms. The molecule has 0 bridgehead atoms. The smallest absolute Gasteiger partial charge is 0.255 e. The molecular formula is C24H30ClN3O3S. The molecule has 1 aliphatic carbocycles. The topological polar surface area (TPSA) is 78.8 Å². The van der Waals surface area contributed by atoms with Crippen LogP contribution >= 0.6 is 11.6 Å². The van der Waals surface area contributed by atoms with Gasteiger partial charge in [-0.2, -0.15) is 9.41 Å². The number of hydrogen-bond donors (Lipinski definition) is 1. The van der Waals surface area contributed by atoms with Gasteiger partial charge in [0, 0.05) is 16.6 Å². The first-order valence-corrected chi connectivity index (χ1v) is 12.7. The minimum atomic E-state index is -3.86. The van der Waals surface area contributed by atoms with E-state index < -0.39 is 15.9 Å². The minimum absolute atomic E-state index is 0.202. The van der Waals surface area contributed by atoms with Crippen molar-refractivity contribution in [3.05, 3.63) is 63.7 Å². The molecule has 1 N–H and O–H groups in total. The summed E-state index contributed by atoms with van der Waals surface area (Å²) in [5.41, 5.74) is 5.52. The Morgan fingerprint density at radius 3 is 2.38 bits per heavy atom. The van der Waals surface area contributed by atoms with Crippen molar-refractivity contribution < 1.29 is 13.2 Å². The SMILES string of the molecule is Cc1cc(C)c(S(=O)(=O)N(CC(=O)NN=Cc2ccccc2Cl)C2CCCCC2)c(C)c1. The van der Waals surface area contributed by atoms with Gasteiger partial charge in [-0.3, -0.25) is 4.79 Å². The van der Waals surface area contributed by atoms with Crippen molar-refractivity contribution >= 4 is 33.7 Å². The Labute approximate surface area is 195 Å². The number of hydrazone groups is 1. The lowest BCUT2D eigenvalue weighted by Gasteiger charge is -2.33. The van der Waals surface area contributed by atoms with E-state index in [4.69, 9.17) is 11.6 Å². The molecule has 1 amide bonds. The highest BCUT2D eigenvalue weighted by atomic mass is 35.5. The molecule has 0 saturated heterocycles. The van der Waals surface area contributed by atoms with E-state index in [9.17, 15) is 13.2 Å². The van der Waals surface area contributed by atoms with Crippen molar-refractivity contribution in [2.24, 2.45) is 5.10 Å². The Balaban J connectivity index is 1.85. The fourth-order valence-corrected chi connectivity index (χ4v) is 6.64. The molecule has 3 rings (SSSR count). The molecule has 2 aromatic rings. The maximum Gasteiger partial charge on any atom is 0.255 e. The predicted octanol–water partition coefficient (Wildman–Crippen LogP) is 4.74. The third-order valence-electron chi connectivity index (χ3n) is 5.75. The van der Waals surface area contributed by atoms with Crippen molar-refractivity contribution in [1.29, 1.82) is 0 Å². The Hall–Kier alpha value is -2.22. The Morgan fingerprint density at radius 1 is 1.12 bits per heavy atom. The molecule has 0 heterocycles. The van der Waals surface area contributed by atoms with Gasteiger partial charge in [0.1, 0.15) is 0 Å². The summed E-state index contributed by atoms with van der Waals surface area (Å²) in [5, 5.41) is 4.49. The predicted molar refractivity (Wildman–Crippen MR) is 129 cm³/mol. The van der Waals surface area contributed by atoms with Crippen LogP contribution in [0.1, 0.15) is 54.4 Å². The molecule has 1 saturated carbocycles. The molecule has 1 aliphatic rings. The summed E-state index contributed by atoms with van der Waals surface area (Å²) in [7, 11) is -3.86. The van der Waals surface area contributed by atoms with Crippen LogP contribution in [0.2, 0.25) is 5.02 Å². The van der Waals surface area contributed by atoms with Crippen LogP contribution in [0.25, 0.3) is 0 Å². The highest BCUT2D eigenvalue weighted by Gasteiger charge is 2.35. The molecule has 2 aromatic carbocycles. The van der Waals surface area contributed by atoms with Gasteiger partial charge >= 0.3 is 0 Å². The molecule has 0 unspecified atom stereocenters. The van der Waals surface area contributed by atoms with Gasteiger partial charge in [0.15, 0.2) is 0 Å². The molecule has 0 atom stereocenters. The van der Waals surface area contributed by atoms with Gasteiger partial charge in [0.25, 0.3) is 5.91 Å². The van der Waals surface area contributed by atoms with E-state index in [2.05, 4.69) is 10.5 Å². The zero-order chi connectivity index (χ0) is 23.3. The Kier molecular flexibility index (Phi) is 8.09. The van der Waals surface area contributed by atoms with E-state index >= 15 is 0 Å². The number of halogens is 1. The number of carbonyl (C=O) groups is 1. The summed E-state index contributed by atoms with van der Waals surface area (Å²) >= 11 is 6.10. The minimum Gasteiger partial charge on any atom is -0.272 e. The fourth-order valence-electron chi connectivity index (χ4n) is 4.40. The number of rotatable bonds is 7. The summed E-state index contributed by atoms with van der Waals surface area (Å²) in [6, 6.07) is 10.7. The summed E-state index contributed by atoms with van der Waals surface area (Å²) in [6.07, 6.45) is 5.94. The second kappa shape index (κ2) is 10.6. The summed E-state index contributed by atoms with van der Waals surface area (Å²) < 4.78 is 28.9.